The van der Waals surface area contributed by atoms with Gasteiger partial charge in [0, 0.05) is 18.2 Å². The van der Waals surface area contributed by atoms with E-state index < -0.39 is 0 Å². The van der Waals surface area contributed by atoms with Crippen LogP contribution in [0.5, 0.6) is 23.1 Å². The van der Waals surface area contributed by atoms with Crippen LogP contribution < -0.4 is 19.9 Å². The molecule has 0 unspecified atom stereocenters. The second-order valence-corrected chi connectivity index (χ2v) is 4.05. The molecule has 8 nitrogen and oxygen atoms in total. The van der Waals surface area contributed by atoms with E-state index in [0.717, 1.165) is 0 Å². The minimum Gasteiger partial charge on any atom is -0.496 e. The third kappa shape index (κ3) is 3.54. The molecule has 0 radical (unpaired) electrons. The Morgan fingerprint density at radius 1 is 1.00 bits per heavy atom. The number of oxime groups is 1. The molecule has 0 spiro atoms. The Balaban J connectivity index is 2.38. The Hall–Kier alpha value is -3.03. The van der Waals surface area contributed by atoms with Gasteiger partial charge in [-0.2, -0.15) is 0 Å². The number of rotatable bonds is 6. The van der Waals surface area contributed by atoms with Crippen molar-refractivity contribution in [3.8, 4) is 23.1 Å². The van der Waals surface area contributed by atoms with Gasteiger partial charge in [0.2, 0.25) is 5.88 Å². The lowest BCUT2D eigenvalue weighted by molar-refractivity contribution is 0.215. The van der Waals surface area contributed by atoms with Crippen LogP contribution in [0.25, 0.3) is 0 Å². The van der Waals surface area contributed by atoms with E-state index in [9.17, 15) is 0 Å². The van der Waals surface area contributed by atoms with Crippen LogP contribution in [0.3, 0.4) is 0 Å². The molecule has 1 aromatic carbocycles. The average Bonchev–Trinajstić information content (AvgIpc) is 2.54. The maximum atomic E-state index is 5.80. The van der Waals surface area contributed by atoms with Crippen LogP contribution in [0.15, 0.2) is 29.7 Å². The van der Waals surface area contributed by atoms with Crippen molar-refractivity contribution in [2.75, 3.05) is 27.1 Å². The maximum absolute atomic E-state index is 5.80. The average molecular weight is 304 g/mol. The molecule has 2 aromatic rings. The Labute approximate surface area is 127 Å². The number of ether oxygens (including phenoxy) is 3. The third-order valence-electron chi connectivity index (χ3n) is 2.70. The highest BCUT2D eigenvalue weighted by Gasteiger charge is 2.11. The fourth-order valence-corrected chi connectivity index (χ4v) is 1.65. The first-order valence-electron chi connectivity index (χ1n) is 6.26. The predicted molar refractivity (Wildman–Crippen MR) is 80.7 cm³/mol. The summed E-state index contributed by atoms with van der Waals surface area (Å²) in [6.45, 7) is 0. The quantitative estimate of drug-likeness (QED) is 0.642. The zero-order valence-electron chi connectivity index (χ0n) is 12.4. The van der Waals surface area contributed by atoms with E-state index in [1.807, 2.05) is 0 Å². The number of aromatic nitrogens is 2. The molecule has 2 rings (SSSR count). The lowest BCUT2D eigenvalue weighted by Gasteiger charge is -2.11. The lowest BCUT2D eigenvalue weighted by Crippen LogP contribution is -2.02. The van der Waals surface area contributed by atoms with Crippen molar-refractivity contribution in [1.82, 2.24) is 9.97 Å². The molecule has 0 aliphatic rings. The molecule has 116 valence electrons. The highest BCUT2D eigenvalue weighted by molar-refractivity contribution is 5.88. The first-order chi connectivity index (χ1) is 10.7. The van der Waals surface area contributed by atoms with Crippen molar-refractivity contribution in [1.29, 1.82) is 0 Å². The molecule has 8 heteroatoms. The van der Waals surface area contributed by atoms with E-state index in [-0.39, 0.29) is 11.7 Å². The summed E-state index contributed by atoms with van der Waals surface area (Å²) in [6, 6.07) is 5.12. The first-order valence-corrected chi connectivity index (χ1v) is 6.26. The molecule has 22 heavy (non-hydrogen) atoms. The maximum Gasteiger partial charge on any atom is 0.233 e. The highest BCUT2D eigenvalue weighted by atomic mass is 16.6. The van der Waals surface area contributed by atoms with E-state index >= 15 is 0 Å². The van der Waals surface area contributed by atoms with Gasteiger partial charge in [-0.05, 0) is 0 Å². The highest BCUT2D eigenvalue weighted by Crippen LogP contribution is 2.31. The number of methoxy groups -OCH3 is 2. The summed E-state index contributed by atoms with van der Waals surface area (Å²) in [5.41, 5.74) is 6.21. The lowest BCUT2D eigenvalue weighted by atomic mass is 10.3. The minimum atomic E-state index is 0.223. The minimum absolute atomic E-state index is 0.223. The molecular weight excluding hydrogens is 288 g/mol. The number of nitrogens with zero attached hydrogens (tertiary/aromatic N) is 3. The number of hydrogen-bond acceptors (Lipinski definition) is 8. The molecule has 0 bridgehead atoms. The van der Waals surface area contributed by atoms with Gasteiger partial charge in [-0.3, -0.25) is 0 Å². The van der Waals surface area contributed by atoms with E-state index in [2.05, 4.69) is 20.0 Å². The molecule has 0 aliphatic carbocycles. The van der Waals surface area contributed by atoms with Crippen molar-refractivity contribution in [2.24, 2.45) is 5.16 Å². The number of nitrogen functional groups attached to an aromatic ring is 1. The molecular formula is C14H16N4O4. The summed E-state index contributed by atoms with van der Waals surface area (Å²) in [4.78, 5) is 12.6. The zero-order chi connectivity index (χ0) is 15.9. The summed E-state index contributed by atoms with van der Waals surface area (Å²) in [7, 11) is 4.53. The van der Waals surface area contributed by atoms with Crippen LogP contribution in [-0.4, -0.2) is 37.5 Å². The molecule has 0 fully saturated rings. The molecule has 1 heterocycles. The monoisotopic (exact) mass is 304 g/mol. The normalized spacial score (nSPS) is 10.5. The summed E-state index contributed by atoms with van der Waals surface area (Å²) < 4.78 is 16.1. The van der Waals surface area contributed by atoms with E-state index in [1.54, 1.807) is 32.4 Å². The van der Waals surface area contributed by atoms with E-state index in [1.165, 1.54) is 19.7 Å². The molecule has 0 amide bonds. The number of benzene rings is 1. The molecule has 0 saturated carbocycles. The van der Waals surface area contributed by atoms with Gasteiger partial charge in [0.15, 0.2) is 0 Å². The standard InChI is InChI=1S/C14H16N4O4/c1-19-9-4-10(20-2)6-11(5-9)22-14-12(7-18-21-3)13(15)16-8-17-14/h4-8H,1-3H3,(H2,15,16,17). The third-order valence-corrected chi connectivity index (χ3v) is 2.70. The first kappa shape index (κ1) is 15.4. The topological polar surface area (TPSA) is 101 Å². The van der Waals surface area contributed by atoms with Gasteiger partial charge >= 0.3 is 0 Å². The van der Waals surface area contributed by atoms with Gasteiger partial charge in [0.1, 0.15) is 42.1 Å². The zero-order valence-corrected chi connectivity index (χ0v) is 12.4. The smallest absolute Gasteiger partial charge is 0.233 e. The Kier molecular flexibility index (Phi) is 4.97. The van der Waals surface area contributed by atoms with E-state index in [0.29, 0.717) is 22.8 Å². The van der Waals surface area contributed by atoms with Gasteiger partial charge in [-0.25, -0.2) is 9.97 Å². The van der Waals surface area contributed by atoms with Gasteiger partial charge in [-0.1, -0.05) is 5.16 Å². The van der Waals surface area contributed by atoms with Crippen molar-refractivity contribution >= 4 is 12.0 Å². The molecule has 0 aliphatic heterocycles. The van der Waals surface area contributed by atoms with Crippen LogP contribution in [0.2, 0.25) is 0 Å². The predicted octanol–water partition coefficient (Wildman–Crippen LogP) is 1.85. The van der Waals surface area contributed by atoms with Crippen LogP contribution >= 0.6 is 0 Å². The number of anilines is 1. The largest absolute Gasteiger partial charge is 0.496 e. The Morgan fingerprint density at radius 3 is 2.23 bits per heavy atom. The van der Waals surface area contributed by atoms with Crippen LogP contribution in [0.1, 0.15) is 5.56 Å². The van der Waals surface area contributed by atoms with Gasteiger partial charge in [0.25, 0.3) is 0 Å². The fraction of sp³-hybridized carbons (Fsp3) is 0.214. The Morgan fingerprint density at radius 2 is 1.64 bits per heavy atom. The molecule has 0 atom stereocenters. The van der Waals surface area contributed by atoms with Gasteiger partial charge in [0.05, 0.1) is 20.4 Å². The van der Waals surface area contributed by atoms with Crippen LogP contribution in [-0.2, 0) is 4.84 Å². The molecule has 2 N–H and O–H groups in total. The van der Waals surface area contributed by atoms with E-state index in [4.69, 9.17) is 19.9 Å². The molecule has 1 aromatic heterocycles. The molecule has 0 saturated heterocycles. The summed E-state index contributed by atoms with van der Waals surface area (Å²) in [6.07, 6.45) is 2.67. The van der Waals surface area contributed by atoms with Crippen LogP contribution in [0.4, 0.5) is 5.82 Å². The van der Waals surface area contributed by atoms with Crippen molar-refractivity contribution in [3.63, 3.8) is 0 Å². The van der Waals surface area contributed by atoms with Crippen molar-refractivity contribution in [2.45, 2.75) is 0 Å². The Bertz CT molecular complexity index is 654. The summed E-state index contributed by atoms with van der Waals surface area (Å²) in [5, 5.41) is 3.66. The SMILES string of the molecule is CON=Cc1c(N)ncnc1Oc1cc(OC)cc(OC)c1. The summed E-state index contributed by atoms with van der Waals surface area (Å²) >= 11 is 0. The summed E-state index contributed by atoms with van der Waals surface area (Å²) in [5.74, 6) is 2.11. The van der Waals surface area contributed by atoms with Crippen molar-refractivity contribution < 1.29 is 19.0 Å². The second kappa shape index (κ2) is 7.11. The number of nitrogens with two attached hydrogens (primary N) is 1. The fourth-order valence-electron chi connectivity index (χ4n) is 1.65. The van der Waals surface area contributed by atoms with Crippen LogP contribution in [0, 0.1) is 0 Å². The second-order valence-electron chi connectivity index (χ2n) is 4.05. The number of hydrogen-bond donors (Lipinski definition) is 1. The van der Waals surface area contributed by atoms with Crippen molar-refractivity contribution in [3.05, 3.63) is 30.1 Å². The van der Waals surface area contributed by atoms with Gasteiger partial charge in [-0.15, -0.1) is 0 Å². The van der Waals surface area contributed by atoms with Gasteiger partial charge < -0.3 is 24.8 Å².